The Bertz CT molecular complexity index is 707. The monoisotopic (exact) mass is 389 g/mol. The second-order valence-electron chi connectivity index (χ2n) is 5.99. The van der Waals surface area contributed by atoms with Crippen LogP contribution in [0.15, 0.2) is 16.7 Å². The number of carbonyl (C=O) groups is 2. The number of halogens is 3. The smallest absolute Gasteiger partial charge is 0.475 e. The number of hydrogen-bond donors (Lipinski definition) is 2. The van der Waals surface area contributed by atoms with Crippen LogP contribution in [0.2, 0.25) is 0 Å². The van der Waals surface area contributed by atoms with Crippen LogP contribution in [0.25, 0.3) is 0 Å². The summed E-state index contributed by atoms with van der Waals surface area (Å²) in [5.41, 5.74) is 0.835. The molecule has 2 fully saturated rings. The van der Waals surface area contributed by atoms with Crippen LogP contribution in [0.3, 0.4) is 0 Å². The zero-order valence-electron chi connectivity index (χ0n) is 14.2. The van der Waals surface area contributed by atoms with Crippen LogP contribution in [0.5, 0.6) is 0 Å². The lowest BCUT2D eigenvalue weighted by atomic mass is 9.96. The number of nitrogens with zero attached hydrogens (tertiary/aromatic N) is 2. The Balaban J connectivity index is 0.000000321. The third kappa shape index (κ3) is 5.45. The van der Waals surface area contributed by atoms with E-state index in [-0.39, 0.29) is 23.6 Å². The summed E-state index contributed by atoms with van der Waals surface area (Å²) in [6.45, 7) is 2.27. The Labute approximate surface area is 152 Å². The van der Waals surface area contributed by atoms with E-state index in [0.717, 1.165) is 37.9 Å². The predicted molar refractivity (Wildman–Crippen MR) is 82.9 cm³/mol. The van der Waals surface area contributed by atoms with Gasteiger partial charge in [-0.15, -0.1) is 0 Å². The molecule has 1 amide bonds. The van der Waals surface area contributed by atoms with Gasteiger partial charge in [-0.05, 0) is 25.9 Å². The van der Waals surface area contributed by atoms with Crippen LogP contribution in [0.4, 0.5) is 13.2 Å². The fourth-order valence-corrected chi connectivity index (χ4v) is 2.82. The van der Waals surface area contributed by atoms with Crippen LogP contribution in [-0.4, -0.2) is 47.9 Å². The molecule has 1 aromatic rings. The van der Waals surface area contributed by atoms with Crippen LogP contribution < -0.4 is 5.32 Å². The van der Waals surface area contributed by atoms with E-state index in [2.05, 4.69) is 5.32 Å². The number of hydrogen-bond acceptors (Lipinski definition) is 6. The summed E-state index contributed by atoms with van der Waals surface area (Å²) < 4.78 is 36.9. The Morgan fingerprint density at radius 2 is 1.93 bits per heavy atom. The average Bonchev–Trinajstić information content (AvgIpc) is 3.30. The number of furan rings is 1. The molecule has 2 saturated heterocycles. The number of nitrogens with one attached hydrogen (secondary N) is 1. The minimum absolute atomic E-state index is 0.0270. The highest BCUT2D eigenvalue weighted by molar-refractivity contribution is 5.78. The molecule has 27 heavy (non-hydrogen) atoms. The molecule has 1 unspecified atom stereocenters. The summed E-state index contributed by atoms with van der Waals surface area (Å²) in [4.78, 5) is 27.0. The van der Waals surface area contributed by atoms with Crippen LogP contribution >= 0.6 is 0 Å². The highest BCUT2D eigenvalue weighted by atomic mass is 19.4. The van der Waals surface area contributed by atoms with Gasteiger partial charge in [-0.2, -0.15) is 18.4 Å². The van der Waals surface area contributed by atoms with Gasteiger partial charge >= 0.3 is 12.1 Å². The Morgan fingerprint density at radius 1 is 1.30 bits per heavy atom. The molecule has 8 nitrogen and oxygen atoms in total. The molecule has 2 aliphatic rings. The molecule has 2 aliphatic heterocycles. The second-order valence-corrected chi connectivity index (χ2v) is 5.99. The van der Waals surface area contributed by atoms with Gasteiger partial charge in [0, 0.05) is 24.0 Å². The van der Waals surface area contributed by atoms with Crippen molar-refractivity contribution in [1.82, 2.24) is 10.4 Å². The molecule has 0 radical (unpaired) electrons. The van der Waals surface area contributed by atoms with Gasteiger partial charge in [-0.25, -0.2) is 9.86 Å². The molecule has 0 aromatic carbocycles. The number of amides is 1. The van der Waals surface area contributed by atoms with Crippen molar-refractivity contribution in [3.05, 3.63) is 23.7 Å². The number of hydroxylamine groups is 2. The normalized spacial score (nSPS) is 20.5. The molecular formula is C16H18F3N3O5. The molecule has 1 aromatic heterocycles. The number of piperidine rings is 1. The van der Waals surface area contributed by atoms with E-state index >= 15 is 0 Å². The van der Waals surface area contributed by atoms with Crippen molar-refractivity contribution in [2.75, 3.05) is 19.7 Å². The van der Waals surface area contributed by atoms with E-state index in [1.807, 2.05) is 6.07 Å². The lowest BCUT2D eigenvalue weighted by molar-refractivity contribution is -0.192. The first kappa shape index (κ1) is 20.7. The van der Waals surface area contributed by atoms with Gasteiger partial charge in [-0.3, -0.25) is 9.63 Å². The van der Waals surface area contributed by atoms with E-state index in [1.54, 1.807) is 12.3 Å². The average molecular weight is 389 g/mol. The van der Waals surface area contributed by atoms with Crippen LogP contribution in [-0.2, 0) is 14.4 Å². The minimum atomic E-state index is -5.08. The third-order valence-electron chi connectivity index (χ3n) is 4.17. The maximum atomic E-state index is 12.5. The number of rotatable bonds is 2. The van der Waals surface area contributed by atoms with Gasteiger partial charge in [0.1, 0.15) is 6.07 Å². The molecule has 1 atom stereocenters. The largest absolute Gasteiger partial charge is 0.490 e. The fraction of sp³-hybridized carbons (Fsp3) is 0.562. The number of carbonyl (C=O) groups excluding carboxylic acids is 1. The van der Waals surface area contributed by atoms with Crippen molar-refractivity contribution in [2.24, 2.45) is 5.92 Å². The zero-order chi connectivity index (χ0) is 20.0. The quantitative estimate of drug-likeness (QED) is 0.795. The van der Waals surface area contributed by atoms with Crippen molar-refractivity contribution in [3.8, 4) is 6.07 Å². The predicted octanol–water partition coefficient (Wildman–Crippen LogP) is 1.99. The number of carboxylic acids is 1. The molecule has 0 spiro atoms. The summed E-state index contributed by atoms with van der Waals surface area (Å²) >= 11 is 0. The Morgan fingerprint density at radius 3 is 2.44 bits per heavy atom. The summed E-state index contributed by atoms with van der Waals surface area (Å²) in [7, 11) is 0. The summed E-state index contributed by atoms with van der Waals surface area (Å²) in [5.74, 6) is -2.42. The minimum Gasteiger partial charge on any atom is -0.475 e. The molecule has 11 heteroatoms. The van der Waals surface area contributed by atoms with Crippen molar-refractivity contribution < 1.29 is 37.1 Å². The van der Waals surface area contributed by atoms with E-state index in [4.69, 9.17) is 24.4 Å². The van der Waals surface area contributed by atoms with Gasteiger partial charge in [-0.1, -0.05) is 0 Å². The van der Waals surface area contributed by atoms with Gasteiger partial charge < -0.3 is 14.8 Å². The van der Waals surface area contributed by atoms with Crippen LogP contribution in [0.1, 0.15) is 36.6 Å². The molecule has 3 heterocycles. The van der Waals surface area contributed by atoms with Crippen molar-refractivity contribution in [2.45, 2.75) is 31.5 Å². The summed E-state index contributed by atoms with van der Waals surface area (Å²) in [6, 6.07) is 3.51. The first-order valence-electron chi connectivity index (χ1n) is 8.19. The SMILES string of the molecule is N#Cc1cc(C2CCON2C(=O)C2CCNCC2)co1.O=C(O)C(F)(F)F. The maximum absolute atomic E-state index is 12.5. The number of aliphatic carboxylic acids is 1. The van der Waals surface area contributed by atoms with E-state index < -0.39 is 12.1 Å². The third-order valence-corrected chi connectivity index (χ3v) is 4.17. The molecule has 148 valence electrons. The molecule has 0 saturated carbocycles. The standard InChI is InChI=1S/C14H17N3O3.C2HF3O2/c15-8-12-7-11(9-19-12)13-3-6-20-17(13)14(18)10-1-4-16-5-2-10;3-2(4,5)1(6)7/h7,9-10,13,16H,1-6H2;(H,6,7). The topological polar surface area (TPSA) is 116 Å². The second kappa shape index (κ2) is 8.88. The number of carboxylic acid groups (broad SMARTS) is 1. The van der Waals surface area contributed by atoms with Gasteiger partial charge in [0.25, 0.3) is 0 Å². The number of nitriles is 1. The molecule has 0 aliphatic carbocycles. The Hall–Kier alpha value is -2.58. The lowest BCUT2D eigenvalue weighted by Gasteiger charge is -2.28. The first-order chi connectivity index (χ1) is 12.7. The van der Waals surface area contributed by atoms with Crippen molar-refractivity contribution in [1.29, 1.82) is 5.26 Å². The summed E-state index contributed by atoms with van der Waals surface area (Å²) in [6.07, 6.45) is -1.11. The highest BCUT2D eigenvalue weighted by Gasteiger charge is 2.38. The van der Waals surface area contributed by atoms with E-state index in [9.17, 15) is 18.0 Å². The van der Waals surface area contributed by atoms with Crippen molar-refractivity contribution >= 4 is 11.9 Å². The fourth-order valence-electron chi connectivity index (χ4n) is 2.82. The lowest BCUT2D eigenvalue weighted by Crippen LogP contribution is -2.40. The zero-order valence-corrected chi connectivity index (χ0v) is 14.2. The van der Waals surface area contributed by atoms with Gasteiger partial charge in [0.2, 0.25) is 11.7 Å². The molecule has 0 bridgehead atoms. The van der Waals surface area contributed by atoms with E-state index in [1.165, 1.54) is 5.06 Å². The van der Waals surface area contributed by atoms with Crippen LogP contribution in [0, 0.1) is 17.2 Å². The maximum Gasteiger partial charge on any atom is 0.490 e. The van der Waals surface area contributed by atoms with Gasteiger partial charge in [0.15, 0.2) is 0 Å². The Kier molecular flexibility index (Phi) is 6.81. The summed E-state index contributed by atoms with van der Waals surface area (Å²) in [5, 5.41) is 20.7. The number of alkyl halides is 3. The van der Waals surface area contributed by atoms with E-state index in [0.29, 0.717) is 6.61 Å². The molecule has 2 N–H and O–H groups in total. The molecular weight excluding hydrogens is 371 g/mol. The van der Waals surface area contributed by atoms with Crippen molar-refractivity contribution in [3.63, 3.8) is 0 Å². The highest BCUT2D eigenvalue weighted by Crippen LogP contribution is 2.33. The first-order valence-corrected chi connectivity index (χ1v) is 8.19. The molecule has 3 rings (SSSR count). The van der Waals surface area contributed by atoms with Gasteiger partial charge in [0.05, 0.1) is 18.9 Å².